The summed E-state index contributed by atoms with van der Waals surface area (Å²) in [5.74, 6) is -0.985. The first kappa shape index (κ1) is 8.70. The van der Waals surface area contributed by atoms with Gasteiger partial charge >= 0.3 is 5.97 Å². The molecule has 4 nitrogen and oxygen atoms in total. The van der Waals surface area contributed by atoms with Crippen LogP contribution in [-0.2, 0) is 6.54 Å². The van der Waals surface area contributed by atoms with E-state index in [4.69, 9.17) is 10.3 Å². The summed E-state index contributed by atoms with van der Waals surface area (Å²) >= 11 is 0. The summed E-state index contributed by atoms with van der Waals surface area (Å²) in [6, 6.07) is 6.51. The highest BCUT2D eigenvalue weighted by atomic mass is 16.5. The fourth-order valence-electron chi connectivity index (χ4n) is 0.968. The molecule has 0 bridgehead atoms. The van der Waals surface area contributed by atoms with Gasteiger partial charge in [-0.1, -0.05) is 18.2 Å². The van der Waals surface area contributed by atoms with Crippen LogP contribution in [0.15, 0.2) is 24.3 Å². The number of carboxylic acids is 1. The molecule has 0 amide bonds. The zero-order valence-corrected chi connectivity index (χ0v) is 6.32. The smallest absolute Gasteiger partial charge is 0.336 e. The van der Waals surface area contributed by atoms with E-state index in [9.17, 15) is 4.79 Å². The highest BCUT2D eigenvalue weighted by Gasteiger charge is 2.07. The van der Waals surface area contributed by atoms with Gasteiger partial charge in [-0.05, 0) is 11.6 Å². The third kappa shape index (κ3) is 1.81. The lowest BCUT2D eigenvalue weighted by molar-refractivity contribution is 0.0694. The van der Waals surface area contributed by atoms with Crippen molar-refractivity contribution in [2.45, 2.75) is 6.54 Å². The van der Waals surface area contributed by atoms with Gasteiger partial charge in [0, 0.05) is 6.54 Å². The third-order valence-corrected chi connectivity index (χ3v) is 1.52. The number of carbonyl (C=O) groups is 1. The predicted octanol–water partition coefficient (Wildman–Crippen LogP) is 0.864. The molecule has 0 heterocycles. The monoisotopic (exact) mass is 167 g/mol. The topological polar surface area (TPSA) is 69.6 Å². The van der Waals surface area contributed by atoms with E-state index in [-0.39, 0.29) is 12.1 Å². The van der Waals surface area contributed by atoms with E-state index in [0.29, 0.717) is 5.56 Å². The first-order chi connectivity index (χ1) is 5.75. The van der Waals surface area contributed by atoms with Crippen molar-refractivity contribution in [1.29, 1.82) is 0 Å². The molecular formula is C8H9NO3. The Balaban J connectivity index is 3.00. The van der Waals surface area contributed by atoms with Gasteiger partial charge in [-0.25, -0.2) is 10.3 Å². The van der Waals surface area contributed by atoms with Crippen molar-refractivity contribution in [1.82, 2.24) is 5.48 Å². The van der Waals surface area contributed by atoms with E-state index in [2.05, 4.69) is 0 Å². The average molecular weight is 167 g/mol. The van der Waals surface area contributed by atoms with Crippen LogP contribution in [0.1, 0.15) is 15.9 Å². The summed E-state index contributed by atoms with van der Waals surface area (Å²) in [6.45, 7) is 0.141. The molecule has 3 N–H and O–H groups in total. The van der Waals surface area contributed by atoms with E-state index in [1.165, 1.54) is 6.07 Å². The second kappa shape index (κ2) is 3.85. The van der Waals surface area contributed by atoms with Gasteiger partial charge < -0.3 is 10.3 Å². The minimum absolute atomic E-state index is 0.141. The molecule has 0 fully saturated rings. The van der Waals surface area contributed by atoms with Crippen molar-refractivity contribution in [3.8, 4) is 0 Å². The zero-order valence-electron chi connectivity index (χ0n) is 6.32. The average Bonchev–Trinajstić information content (AvgIpc) is 2.05. The second-order valence-electron chi connectivity index (χ2n) is 2.30. The largest absolute Gasteiger partial charge is 0.478 e. The molecule has 1 aromatic rings. The fourth-order valence-corrected chi connectivity index (χ4v) is 0.968. The Kier molecular flexibility index (Phi) is 2.79. The zero-order chi connectivity index (χ0) is 8.97. The van der Waals surface area contributed by atoms with Crippen LogP contribution in [0.25, 0.3) is 0 Å². The van der Waals surface area contributed by atoms with Crippen molar-refractivity contribution in [3.63, 3.8) is 0 Å². The third-order valence-electron chi connectivity index (χ3n) is 1.52. The van der Waals surface area contributed by atoms with E-state index in [1.54, 1.807) is 18.2 Å². The van der Waals surface area contributed by atoms with Crippen LogP contribution in [0.3, 0.4) is 0 Å². The van der Waals surface area contributed by atoms with E-state index in [0.717, 1.165) is 0 Å². The normalized spacial score (nSPS) is 9.75. The van der Waals surface area contributed by atoms with Crippen molar-refractivity contribution in [2.75, 3.05) is 0 Å². The Morgan fingerprint density at radius 1 is 1.42 bits per heavy atom. The van der Waals surface area contributed by atoms with Crippen molar-refractivity contribution in [3.05, 3.63) is 35.4 Å². The van der Waals surface area contributed by atoms with Gasteiger partial charge in [0.05, 0.1) is 5.56 Å². The summed E-state index contributed by atoms with van der Waals surface area (Å²) in [5, 5.41) is 17.1. The number of rotatable bonds is 3. The molecule has 0 saturated carbocycles. The lowest BCUT2D eigenvalue weighted by atomic mass is 10.1. The van der Waals surface area contributed by atoms with Crippen molar-refractivity contribution < 1.29 is 15.1 Å². The number of hydrogen-bond acceptors (Lipinski definition) is 3. The van der Waals surface area contributed by atoms with Gasteiger partial charge in [-0.3, -0.25) is 0 Å². The Bertz CT molecular complexity index is 285. The first-order valence-electron chi connectivity index (χ1n) is 3.44. The van der Waals surface area contributed by atoms with Crippen LogP contribution in [0.4, 0.5) is 0 Å². The van der Waals surface area contributed by atoms with Gasteiger partial charge in [-0.15, -0.1) is 0 Å². The minimum atomic E-state index is -0.985. The van der Waals surface area contributed by atoms with Crippen LogP contribution in [0.5, 0.6) is 0 Å². The number of aromatic carboxylic acids is 1. The molecular weight excluding hydrogens is 158 g/mol. The van der Waals surface area contributed by atoms with Crippen LogP contribution >= 0.6 is 0 Å². The summed E-state index contributed by atoms with van der Waals surface area (Å²) in [6.07, 6.45) is 0. The molecule has 0 aromatic heterocycles. The van der Waals surface area contributed by atoms with Gasteiger partial charge in [0.15, 0.2) is 0 Å². The molecule has 0 spiro atoms. The molecule has 64 valence electrons. The summed E-state index contributed by atoms with van der Waals surface area (Å²) in [7, 11) is 0. The predicted molar refractivity (Wildman–Crippen MR) is 42.0 cm³/mol. The van der Waals surface area contributed by atoms with E-state index >= 15 is 0 Å². The van der Waals surface area contributed by atoms with Crippen LogP contribution in [0.2, 0.25) is 0 Å². The van der Waals surface area contributed by atoms with Crippen LogP contribution < -0.4 is 5.48 Å². The number of hydroxylamine groups is 1. The molecule has 0 aliphatic rings. The highest BCUT2D eigenvalue weighted by Crippen LogP contribution is 2.07. The molecule has 0 aliphatic heterocycles. The van der Waals surface area contributed by atoms with Gasteiger partial charge in [0.1, 0.15) is 0 Å². The SMILES string of the molecule is O=C(O)c1ccccc1CNO. The molecule has 0 radical (unpaired) electrons. The lowest BCUT2D eigenvalue weighted by Gasteiger charge is -2.02. The summed E-state index contributed by atoms with van der Waals surface area (Å²) in [4.78, 5) is 10.6. The molecule has 0 atom stereocenters. The molecule has 0 saturated heterocycles. The van der Waals surface area contributed by atoms with Crippen LogP contribution in [0, 0.1) is 0 Å². The summed E-state index contributed by atoms with van der Waals surface area (Å²) in [5.41, 5.74) is 2.69. The Labute approximate surface area is 69.4 Å². The Hall–Kier alpha value is -1.39. The summed E-state index contributed by atoms with van der Waals surface area (Å²) < 4.78 is 0. The number of hydrogen-bond donors (Lipinski definition) is 3. The molecule has 0 aliphatic carbocycles. The molecule has 12 heavy (non-hydrogen) atoms. The number of nitrogens with one attached hydrogen (secondary N) is 1. The fraction of sp³-hybridized carbons (Fsp3) is 0.125. The van der Waals surface area contributed by atoms with Crippen molar-refractivity contribution in [2.24, 2.45) is 0 Å². The maximum absolute atomic E-state index is 10.6. The highest BCUT2D eigenvalue weighted by molar-refractivity contribution is 5.89. The number of benzene rings is 1. The Morgan fingerprint density at radius 2 is 2.08 bits per heavy atom. The lowest BCUT2D eigenvalue weighted by Crippen LogP contribution is -2.10. The maximum Gasteiger partial charge on any atom is 0.336 e. The molecule has 0 unspecified atom stereocenters. The van der Waals surface area contributed by atoms with Gasteiger partial charge in [0.2, 0.25) is 0 Å². The molecule has 1 rings (SSSR count). The van der Waals surface area contributed by atoms with Crippen molar-refractivity contribution >= 4 is 5.97 Å². The number of carboxylic acid groups (broad SMARTS) is 1. The molecule has 4 heteroatoms. The second-order valence-corrected chi connectivity index (χ2v) is 2.30. The van der Waals surface area contributed by atoms with Crippen LogP contribution in [-0.4, -0.2) is 16.3 Å². The van der Waals surface area contributed by atoms with E-state index < -0.39 is 5.97 Å². The van der Waals surface area contributed by atoms with E-state index in [1.807, 2.05) is 5.48 Å². The quantitative estimate of drug-likeness (QED) is 0.584. The molecule has 1 aromatic carbocycles. The first-order valence-corrected chi connectivity index (χ1v) is 3.44. The standard InChI is InChI=1S/C8H9NO3/c10-8(11)7-4-2-1-3-6(7)5-9-12/h1-4,9,12H,5H2,(H,10,11). The Morgan fingerprint density at radius 3 is 2.67 bits per heavy atom. The van der Waals surface area contributed by atoms with Gasteiger partial charge in [0.25, 0.3) is 0 Å². The maximum atomic E-state index is 10.6. The van der Waals surface area contributed by atoms with Gasteiger partial charge in [-0.2, -0.15) is 0 Å². The minimum Gasteiger partial charge on any atom is -0.478 e.